The van der Waals surface area contributed by atoms with Crippen LogP contribution >= 0.6 is 22.6 Å². The van der Waals surface area contributed by atoms with Crippen LogP contribution in [0.1, 0.15) is 25.7 Å². The second-order valence-corrected chi connectivity index (χ2v) is 5.06. The predicted octanol–water partition coefficient (Wildman–Crippen LogP) is 2.72. The quantitative estimate of drug-likeness (QED) is 0.587. The molecule has 84 valence electrons. The molecule has 0 aromatic heterocycles. The summed E-state index contributed by atoms with van der Waals surface area (Å²) in [6.45, 7) is 0. The topological polar surface area (TPSA) is 37.4 Å². The zero-order valence-electron chi connectivity index (χ0n) is 8.78. The zero-order chi connectivity index (χ0) is 11.5. The fraction of sp³-hybridized carbons (Fsp3) is 0.333. The summed E-state index contributed by atoms with van der Waals surface area (Å²) >= 11 is 2.18. The molecule has 1 heterocycles. The molecule has 0 radical (unpaired) electrons. The van der Waals surface area contributed by atoms with Gasteiger partial charge in [-0.2, -0.15) is 0 Å². The van der Waals surface area contributed by atoms with Gasteiger partial charge in [0.15, 0.2) is 0 Å². The maximum Gasteiger partial charge on any atom is 0.233 e. The van der Waals surface area contributed by atoms with Gasteiger partial charge in [-0.3, -0.25) is 14.5 Å². The summed E-state index contributed by atoms with van der Waals surface area (Å²) in [5, 5.41) is 0. The van der Waals surface area contributed by atoms with Crippen molar-refractivity contribution in [3.8, 4) is 0 Å². The number of rotatable bonds is 1. The monoisotopic (exact) mass is 329 g/mol. The maximum atomic E-state index is 11.8. The molecule has 0 unspecified atom stereocenters. The van der Waals surface area contributed by atoms with Crippen LogP contribution in [0.5, 0.6) is 0 Å². The maximum absolute atomic E-state index is 11.8. The van der Waals surface area contributed by atoms with Crippen LogP contribution in [-0.2, 0) is 9.59 Å². The third-order valence-corrected chi connectivity index (χ3v) is 3.27. The Bertz CT molecular complexity index is 413. The summed E-state index contributed by atoms with van der Waals surface area (Å²) in [7, 11) is 0. The molecule has 2 amide bonds. The minimum Gasteiger partial charge on any atom is -0.274 e. The third-order valence-electron chi connectivity index (χ3n) is 2.60. The molecule has 1 aliphatic heterocycles. The van der Waals surface area contributed by atoms with Crippen LogP contribution in [0.25, 0.3) is 0 Å². The number of hydrogen-bond donors (Lipinski definition) is 0. The number of amides is 2. The minimum atomic E-state index is -0.0792. The second kappa shape index (κ2) is 4.95. The van der Waals surface area contributed by atoms with Gasteiger partial charge in [-0.25, -0.2) is 0 Å². The summed E-state index contributed by atoms with van der Waals surface area (Å²) in [5.74, 6) is -0.158. The summed E-state index contributed by atoms with van der Waals surface area (Å²) < 4.78 is 1.03. The van der Waals surface area contributed by atoms with E-state index in [2.05, 4.69) is 22.6 Å². The summed E-state index contributed by atoms with van der Waals surface area (Å²) in [4.78, 5) is 25.0. The van der Waals surface area contributed by atoms with Crippen molar-refractivity contribution in [2.75, 3.05) is 4.90 Å². The first-order chi connectivity index (χ1) is 7.68. The number of hydrogen-bond acceptors (Lipinski definition) is 2. The van der Waals surface area contributed by atoms with Crippen molar-refractivity contribution in [2.45, 2.75) is 25.7 Å². The molecular formula is C12H12INO2. The Morgan fingerprint density at radius 1 is 1.06 bits per heavy atom. The average Bonchev–Trinajstić information content (AvgIpc) is 2.40. The fourth-order valence-corrected chi connectivity index (χ4v) is 2.35. The van der Waals surface area contributed by atoms with Gasteiger partial charge in [0.25, 0.3) is 0 Å². The molecule has 0 spiro atoms. The summed E-state index contributed by atoms with van der Waals surface area (Å²) in [6.07, 6.45) is 2.56. The van der Waals surface area contributed by atoms with Crippen molar-refractivity contribution >= 4 is 40.1 Å². The Morgan fingerprint density at radius 3 is 2.25 bits per heavy atom. The van der Waals surface area contributed by atoms with E-state index in [0.29, 0.717) is 18.5 Å². The first-order valence-corrected chi connectivity index (χ1v) is 6.38. The van der Waals surface area contributed by atoms with Crippen LogP contribution in [-0.4, -0.2) is 11.8 Å². The van der Waals surface area contributed by atoms with E-state index in [0.717, 1.165) is 16.4 Å². The molecule has 1 aromatic carbocycles. The molecule has 3 nitrogen and oxygen atoms in total. The van der Waals surface area contributed by atoms with Crippen molar-refractivity contribution in [3.63, 3.8) is 0 Å². The number of nitrogens with zero attached hydrogens (tertiary/aromatic N) is 1. The van der Waals surface area contributed by atoms with Crippen molar-refractivity contribution < 1.29 is 9.59 Å². The van der Waals surface area contributed by atoms with Crippen molar-refractivity contribution in [1.29, 1.82) is 0 Å². The van der Waals surface area contributed by atoms with Crippen LogP contribution < -0.4 is 4.90 Å². The number of halogens is 1. The molecule has 4 heteroatoms. The summed E-state index contributed by atoms with van der Waals surface area (Å²) in [5.41, 5.74) is 0.698. The number of imide groups is 1. The van der Waals surface area contributed by atoms with Crippen LogP contribution in [0.4, 0.5) is 5.69 Å². The number of carbonyl (C=O) groups excluding carboxylic acids is 2. The molecule has 0 N–H and O–H groups in total. The second-order valence-electron chi connectivity index (χ2n) is 3.81. The molecule has 1 fully saturated rings. The molecule has 1 saturated heterocycles. The largest absolute Gasteiger partial charge is 0.274 e. The lowest BCUT2D eigenvalue weighted by Gasteiger charge is -2.18. The molecule has 1 aliphatic rings. The Balaban J connectivity index is 2.36. The molecule has 0 saturated carbocycles. The van der Waals surface area contributed by atoms with Gasteiger partial charge in [0.05, 0.1) is 5.69 Å². The molecule has 2 rings (SSSR count). The molecule has 0 bridgehead atoms. The third kappa shape index (κ3) is 2.42. The predicted molar refractivity (Wildman–Crippen MR) is 70.1 cm³/mol. The summed E-state index contributed by atoms with van der Waals surface area (Å²) in [6, 6.07) is 7.48. The highest BCUT2D eigenvalue weighted by Crippen LogP contribution is 2.22. The standard InChI is InChI=1S/C12H12INO2/c13-9-4-3-5-10(8-9)14-11(15)6-1-2-7-12(14)16/h3-5,8H,1-2,6-7H2. The number of anilines is 1. The van der Waals surface area contributed by atoms with E-state index >= 15 is 0 Å². The van der Waals surface area contributed by atoms with E-state index in [9.17, 15) is 9.59 Å². The van der Waals surface area contributed by atoms with E-state index in [1.165, 1.54) is 4.90 Å². The van der Waals surface area contributed by atoms with Gasteiger partial charge in [-0.1, -0.05) is 6.07 Å². The first-order valence-electron chi connectivity index (χ1n) is 5.30. The molecule has 1 aromatic rings. The Hall–Kier alpha value is -0.910. The van der Waals surface area contributed by atoms with Gasteiger partial charge in [-0.15, -0.1) is 0 Å². The van der Waals surface area contributed by atoms with Crippen LogP contribution in [0.3, 0.4) is 0 Å². The van der Waals surface area contributed by atoms with Gasteiger partial charge in [0.2, 0.25) is 11.8 Å². The van der Waals surface area contributed by atoms with Crippen LogP contribution in [0, 0.1) is 3.57 Å². The Labute approximate surface area is 108 Å². The molecule has 0 aliphatic carbocycles. The highest BCUT2D eigenvalue weighted by atomic mass is 127. The Morgan fingerprint density at radius 2 is 1.69 bits per heavy atom. The van der Waals surface area contributed by atoms with E-state index in [1.807, 2.05) is 24.3 Å². The zero-order valence-corrected chi connectivity index (χ0v) is 10.9. The van der Waals surface area contributed by atoms with Gasteiger partial charge >= 0.3 is 0 Å². The SMILES string of the molecule is O=C1CCCCC(=O)N1c1cccc(I)c1. The highest BCUT2D eigenvalue weighted by Gasteiger charge is 2.25. The van der Waals surface area contributed by atoms with E-state index in [4.69, 9.17) is 0 Å². The van der Waals surface area contributed by atoms with Crippen molar-refractivity contribution in [2.24, 2.45) is 0 Å². The van der Waals surface area contributed by atoms with Gasteiger partial charge < -0.3 is 0 Å². The highest BCUT2D eigenvalue weighted by molar-refractivity contribution is 14.1. The van der Waals surface area contributed by atoms with Gasteiger partial charge in [-0.05, 0) is 53.6 Å². The van der Waals surface area contributed by atoms with Gasteiger partial charge in [0.1, 0.15) is 0 Å². The minimum absolute atomic E-state index is 0.0792. The first kappa shape index (κ1) is 11.6. The fourth-order valence-electron chi connectivity index (χ4n) is 1.82. The number of carbonyl (C=O) groups is 2. The lowest BCUT2D eigenvalue weighted by Crippen LogP contribution is -2.35. The van der Waals surface area contributed by atoms with Crippen molar-refractivity contribution in [1.82, 2.24) is 0 Å². The molecule has 0 atom stereocenters. The van der Waals surface area contributed by atoms with E-state index in [1.54, 1.807) is 0 Å². The van der Waals surface area contributed by atoms with E-state index < -0.39 is 0 Å². The Kier molecular flexibility index (Phi) is 3.58. The van der Waals surface area contributed by atoms with Crippen molar-refractivity contribution in [3.05, 3.63) is 27.8 Å². The van der Waals surface area contributed by atoms with Gasteiger partial charge in [0, 0.05) is 16.4 Å². The lowest BCUT2D eigenvalue weighted by molar-refractivity contribution is -0.125. The van der Waals surface area contributed by atoms with Crippen LogP contribution in [0.15, 0.2) is 24.3 Å². The normalized spacial score (nSPS) is 17.4. The average molecular weight is 329 g/mol. The number of benzene rings is 1. The smallest absolute Gasteiger partial charge is 0.233 e. The molecule has 16 heavy (non-hydrogen) atoms. The lowest BCUT2D eigenvalue weighted by atomic mass is 10.2. The molecular weight excluding hydrogens is 317 g/mol. The van der Waals surface area contributed by atoms with Crippen LogP contribution in [0.2, 0.25) is 0 Å². The van der Waals surface area contributed by atoms with E-state index in [-0.39, 0.29) is 11.8 Å².